The van der Waals surface area contributed by atoms with E-state index in [4.69, 9.17) is 18.9 Å². The number of rotatable bonds is 3. The number of carbonyl (C=O) groups excluding carboxylic acids is 2. The molecule has 0 saturated carbocycles. The summed E-state index contributed by atoms with van der Waals surface area (Å²) in [5.41, 5.74) is 1.72. The van der Waals surface area contributed by atoms with Gasteiger partial charge in [-0.2, -0.15) is 0 Å². The molecule has 2 aliphatic heterocycles. The van der Waals surface area contributed by atoms with Crippen LogP contribution in [0.15, 0.2) is 66.7 Å². The highest BCUT2D eigenvalue weighted by molar-refractivity contribution is 6.04. The predicted octanol–water partition coefficient (Wildman–Crippen LogP) is 3.99. The maximum atomic E-state index is 13.0. The summed E-state index contributed by atoms with van der Waals surface area (Å²) < 4.78 is 21.9. The molecule has 6 heteroatoms. The predicted molar refractivity (Wildman–Crippen MR) is 103 cm³/mol. The van der Waals surface area contributed by atoms with Gasteiger partial charge in [0, 0.05) is 6.07 Å². The van der Waals surface area contributed by atoms with Crippen molar-refractivity contribution in [2.75, 3.05) is 13.4 Å². The highest BCUT2D eigenvalue weighted by Crippen LogP contribution is 2.39. The van der Waals surface area contributed by atoms with Crippen LogP contribution < -0.4 is 18.9 Å². The van der Waals surface area contributed by atoms with Gasteiger partial charge in [-0.1, -0.05) is 24.3 Å². The maximum absolute atomic E-state index is 13.0. The average molecular weight is 388 g/mol. The molecule has 3 aromatic carbocycles. The first kappa shape index (κ1) is 17.3. The van der Waals surface area contributed by atoms with Crippen molar-refractivity contribution in [3.05, 3.63) is 83.4 Å². The maximum Gasteiger partial charge on any atom is 0.343 e. The number of ketones is 1. The van der Waals surface area contributed by atoms with Gasteiger partial charge in [0.1, 0.15) is 18.1 Å². The Bertz CT molecular complexity index is 1110. The Morgan fingerprint density at radius 3 is 2.55 bits per heavy atom. The van der Waals surface area contributed by atoms with Crippen LogP contribution in [0.4, 0.5) is 0 Å². The van der Waals surface area contributed by atoms with Gasteiger partial charge >= 0.3 is 5.97 Å². The van der Waals surface area contributed by atoms with Crippen LogP contribution in [0.2, 0.25) is 0 Å². The molecule has 5 rings (SSSR count). The Balaban J connectivity index is 1.37. The third kappa shape index (κ3) is 3.18. The molecular formula is C23H16O6. The molecule has 3 aromatic rings. The summed E-state index contributed by atoms with van der Waals surface area (Å²) in [5, 5.41) is 0. The molecule has 6 nitrogen and oxygen atoms in total. The van der Waals surface area contributed by atoms with E-state index in [2.05, 4.69) is 0 Å². The first-order chi connectivity index (χ1) is 14.2. The molecule has 1 atom stereocenters. The third-order valence-electron chi connectivity index (χ3n) is 4.96. The number of ether oxygens (including phenoxy) is 4. The molecule has 0 saturated heterocycles. The van der Waals surface area contributed by atoms with Crippen molar-refractivity contribution in [3.8, 4) is 23.0 Å². The van der Waals surface area contributed by atoms with Gasteiger partial charge in [-0.05, 0) is 42.0 Å². The summed E-state index contributed by atoms with van der Waals surface area (Å²) in [6.07, 6.45) is 0. The molecule has 0 N–H and O–H groups in total. The van der Waals surface area contributed by atoms with Gasteiger partial charge in [-0.3, -0.25) is 4.79 Å². The van der Waals surface area contributed by atoms with E-state index in [9.17, 15) is 9.59 Å². The quantitative estimate of drug-likeness (QED) is 0.499. The summed E-state index contributed by atoms with van der Waals surface area (Å²) in [6.45, 7) is 0.378. The number of esters is 1. The van der Waals surface area contributed by atoms with Gasteiger partial charge in [-0.15, -0.1) is 0 Å². The lowest BCUT2D eigenvalue weighted by molar-refractivity contribution is 0.0734. The summed E-state index contributed by atoms with van der Waals surface area (Å²) in [7, 11) is 0. The van der Waals surface area contributed by atoms with Crippen molar-refractivity contribution >= 4 is 11.8 Å². The number of Topliss-reactive ketones (excluding diaryl/α,β-unsaturated/α-hetero) is 1. The van der Waals surface area contributed by atoms with Gasteiger partial charge < -0.3 is 18.9 Å². The van der Waals surface area contributed by atoms with Crippen molar-refractivity contribution in [2.45, 2.75) is 5.92 Å². The van der Waals surface area contributed by atoms with Crippen molar-refractivity contribution < 1.29 is 28.5 Å². The SMILES string of the molecule is O=C(Oc1ccc2c(c1)OCC(c1ccc3c(c1)OCO3)C2=O)c1ccccc1. The summed E-state index contributed by atoms with van der Waals surface area (Å²) >= 11 is 0. The number of carbonyl (C=O) groups is 2. The molecule has 2 aliphatic rings. The number of benzene rings is 3. The fourth-order valence-electron chi connectivity index (χ4n) is 3.44. The molecule has 144 valence electrons. The molecule has 0 fully saturated rings. The minimum Gasteiger partial charge on any atom is -0.492 e. The lowest BCUT2D eigenvalue weighted by Crippen LogP contribution is -2.26. The fraction of sp³-hybridized carbons (Fsp3) is 0.130. The summed E-state index contributed by atoms with van der Waals surface area (Å²) in [5.74, 6) is 1.08. The van der Waals surface area contributed by atoms with Gasteiger partial charge in [0.25, 0.3) is 0 Å². The van der Waals surface area contributed by atoms with E-state index >= 15 is 0 Å². The number of hydrogen-bond donors (Lipinski definition) is 0. The lowest BCUT2D eigenvalue weighted by atomic mass is 9.89. The van der Waals surface area contributed by atoms with E-state index < -0.39 is 11.9 Å². The van der Waals surface area contributed by atoms with E-state index in [-0.39, 0.29) is 19.2 Å². The molecule has 0 bridgehead atoms. The molecule has 0 radical (unpaired) electrons. The van der Waals surface area contributed by atoms with Crippen LogP contribution in [0.5, 0.6) is 23.0 Å². The van der Waals surface area contributed by atoms with E-state index in [1.807, 2.05) is 18.2 Å². The molecule has 0 aromatic heterocycles. The van der Waals surface area contributed by atoms with Crippen molar-refractivity contribution in [2.24, 2.45) is 0 Å². The van der Waals surface area contributed by atoms with Crippen molar-refractivity contribution in [1.29, 1.82) is 0 Å². The van der Waals surface area contributed by atoms with Crippen LogP contribution in [0.25, 0.3) is 0 Å². The molecule has 0 spiro atoms. The molecule has 2 heterocycles. The normalized spacial score (nSPS) is 16.7. The topological polar surface area (TPSA) is 71.1 Å². The molecular weight excluding hydrogens is 372 g/mol. The fourth-order valence-corrected chi connectivity index (χ4v) is 3.44. The molecule has 1 unspecified atom stereocenters. The minimum atomic E-state index is -0.467. The number of fused-ring (bicyclic) bond motifs is 2. The molecule has 0 amide bonds. The summed E-state index contributed by atoms with van der Waals surface area (Å²) in [6, 6.07) is 19.0. The smallest absolute Gasteiger partial charge is 0.343 e. The van der Waals surface area contributed by atoms with Gasteiger partial charge in [0.2, 0.25) is 6.79 Å². The Morgan fingerprint density at radius 2 is 1.69 bits per heavy atom. The number of hydrogen-bond acceptors (Lipinski definition) is 6. The van der Waals surface area contributed by atoms with E-state index in [1.54, 1.807) is 48.5 Å². The van der Waals surface area contributed by atoms with Crippen LogP contribution in [-0.4, -0.2) is 25.2 Å². The van der Waals surface area contributed by atoms with Gasteiger partial charge in [-0.25, -0.2) is 4.79 Å². The van der Waals surface area contributed by atoms with Gasteiger partial charge in [0.15, 0.2) is 17.3 Å². The van der Waals surface area contributed by atoms with Crippen LogP contribution in [0, 0.1) is 0 Å². The Morgan fingerprint density at radius 1 is 0.862 bits per heavy atom. The highest BCUT2D eigenvalue weighted by Gasteiger charge is 2.31. The zero-order chi connectivity index (χ0) is 19.8. The monoisotopic (exact) mass is 388 g/mol. The second-order valence-electron chi connectivity index (χ2n) is 6.75. The van der Waals surface area contributed by atoms with Crippen molar-refractivity contribution in [1.82, 2.24) is 0 Å². The van der Waals surface area contributed by atoms with Crippen LogP contribution >= 0.6 is 0 Å². The Kier molecular flexibility index (Phi) is 4.17. The Hall–Kier alpha value is -3.80. The van der Waals surface area contributed by atoms with Crippen LogP contribution in [-0.2, 0) is 0 Å². The van der Waals surface area contributed by atoms with Crippen LogP contribution in [0.1, 0.15) is 32.2 Å². The standard InChI is InChI=1S/C23H16O6/c24-22-17-8-7-16(29-23(25)14-4-2-1-3-5-14)11-20(17)26-12-18(22)15-6-9-19-21(10-15)28-13-27-19/h1-11,18H,12-13H2. The summed E-state index contributed by atoms with van der Waals surface area (Å²) in [4.78, 5) is 25.2. The second kappa shape index (κ2) is 6.98. The highest BCUT2D eigenvalue weighted by atomic mass is 16.7. The zero-order valence-corrected chi connectivity index (χ0v) is 15.3. The minimum absolute atomic E-state index is 0.0500. The first-order valence-corrected chi connectivity index (χ1v) is 9.17. The zero-order valence-electron chi connectivity index (χ0n) is 15.3. The molecule has 0 aliphatic carbocycles. The van der Waals surface area contributed by atoms with E-state index in [0.29, 0.717) is 34.1 Å². The lowest BCUT2D eigenvalue weighted by Gasteiger charge is -2.25. The Labute approximate surface area is 166 Å². The van der Waals surface area contributed by atoms with Crippen LogP contribution in [0.3, 0.4) is 0 Å². The van der Waals surface area contributed by atoms with Gasteiger partial charge in [0.05, 0.1) is 17.0 Å². The second-order valence-corrected chi connectivity index (χ2v) is 6.75. The van der Waals surface area contributed by atoms with E-state index in [0.717, 1.165) is 5.56 Å². The first-order valence-electron chi connectivity index (χ1n) is 9.17. The third-order valence-corrected chi connectivity index (χ3v) is 4.96. The average Bonchev–Trinajstić information content (AvgIpc) is 3.22. The largest absolute Gasteiger partial charge is 0.492 e. The van der Waals surface area contributed by atoms with E-state index in [1.165, 1.54) is 0 Å². The molecule has 29 heavy (non-hydrogen) atoms. The van der Waals surface area contributed by atoms with Crippen molar-refractivity contribution in [3.63, 3.8) is 0 Å².